The summed E-state index contributed by atoms with van der Waals surface area (Å²) < 4.78 is 15.1. The molecule has 0 unspecified atom stereocenters. The molecule has 0 heterocycles. The number of allylic oxidation sites excluding steroid dienone is 2. The SMILES string of the molecule is CCC(/C=C/CC(=O)OC)=C\c1ccc(OC)c(OC)c1. The van der Waals surface area contributed by atoms with E-state index in [1.165, 1.54) is 7.11 Å². The molecule has 1 rings (SSSR count). The highest BCUT2D eigenvalue weighted by Gasteiger charge is 2.03. The van der Waals surface area contributed by atoms with Gasteiger partial charge in [0.15, 0.2) is 11.5 Å². The van der Waals surface area contributed by atoms with Gasteiger partial charge in [0.2, 0.25) is 0 Å². The van der Waals surface area contributed by atoms with Gasteiger partial charge < -0.3 is 14.2 Å². The summed E-state index contributed by atoms with van der Waals surface area (Å²) in [5, 5.41) is 0. The maximum atomic E-state index is 11.1. The Morgan fingerprint density at radius 2 is 1.86 bits per heavy atom. The second-order valence-corrected chi connectivity index (χ2v) is 4.37. The molecule has 114 valence electrons. The molecular formula is C17H22O4. The molecule has 0 aliphatic carbocycles. The van der Waals surface area contributed by atoms with Crippen LogP contribution in [-0.2, 0) is 9.53 Å². The Bertz CT molecular complexity index is 530. The first-order valence-electron chi connectivity index (χ1n) is 6.80. The maximum absolute atomic E-state index is 11.1. The van der Waals surface area contributed by atoms with E-state index in [0.717, 1.165) is 17.6 Å². The molecule has 0 amide bonds. The van der Waals surface area contributed by atoms with E-state index in [1.807, 2.05) is 30.4 Å². The van der Waals surface area contributed by atoms with Crippen molar-refractivity contribution in [2.24, 2.45) is 0 Å². The number of ether oxygens (including phenoxy) is 3. The van der Waals surface area contributed by atoms with E-state index in [4.69, 9.17) is 9.47 Å². The molecule has 0 N–H and O–H groups in total. The molecule has 21 heavy (non-hydrogen) atoms. The molecule has 1 aromatic carbocycles. The number of hydrogen-bond donors (Lipinski definition) is 0. The Labute approximate surface area is 126 Å². The van der Waals surface area contributed by atoms with Gasteiger partial charge in [0, 0.05) is 0 Å². The summed E-state index contributed by atoms with van der Waals surface area (Å²) in [6, 6.07) is 5.75. The molecule has 0 aliphatic heterocycles. The summed E-state index contributed by atoms with van der Waals surface area (Å²) in [5.41, 5.74) is 2.14. The predicted octanol–water partition coefficient (Wildman–Crippen LogP) is 3.62. The minimum Gasteiger partial charge on any atom is -0.493 e. The second-order valence-electron chi connectivity index (χ2n) is 4.37. The third-order valence-electron chi connectivity index (χ3n) is 3.01. The minimum absolute atomic E-state index is 0.243. The van der Waals surface area contributed by atoms with Gasteiger partial charge >= 0.3 is 5.97 Å². The van der Waals surface area contributed by atoms with E-state index in [0.29, 0.717) is 11.5 Å². The average molecular weight is 290 g/mol. The number of rotatable bonds is 7. The zero-order chi connectivity index (χ0) is 15.7. The average Bonchev–Trinajstić information content (AvgIpc) is 2.53. The number of methoxy groups -OCH3 is 3. The third kappa shape index (κ3) is 5.34. The van der Waals surface area contributed by atoms with Gasteiger partial charge in [0.05, 0.1) is 27.8 Å². The van der Waals surface area contributed by atoms with Crippen LogP contribution >= 0.6 is 0 Å². The van der Waals surface area contributed by atoms with Crippen LogP contribution in [0.4, 0.5) is 0 Å². The number of esters is 1. The van der Waals surface area contributed by atoms with Crippen LogP contribution in [0.5, 0.6) is 11.5 Å². The zero-order valence-corrected chi connectivity index (χ0v) is 13.0. The third-order valence-corrected chi connectivity index (χ3v) is 3.01. The second kappa shape index (κ2) is 8.84. The lowest BCUT2D eigenvalue weighted by molar-refractivity contribution is -0.139. The van der Waals surface area contributed by atoms with Gasteiger partial charge in [-0.15, -0.1) is 0 Å². The molecule has 0 bridgehead atoms. The first kappa shape index (κ1) is 16.8. The van der Waals surface area contributed by atoms with Gasteiger partial charge in [-0.2, -0.15) is 0 Å². The molecule has 0 spiro atoms. The molecule has 0 saturated carbocycles. The number of hydrogen-bond acceptors (Lipinski definition) is 4. The maximum Gasteiger partial charge on any atom is 0.309 e. The first-order chi connectivity index (χ1) is 10.1. The molecule has 4 nitrogen and oxygen atoms in total. The fraction of sp³-hybridized carbons (Fsp3) is 0.353. The van der Waals surface area contributed by atoms with E-state index in [9.17, 15) is 4.79 Å². The van der Waals surface area contributed by atoms with E-state index in [1.54, 1.807) is 14.2 Å². The highest BCUT2D eigenvalue weighted by molar-refractivity contribution is 5.71. The normalized spacial score (nSPS) is 11.5. The predicted molar refractivity (Wildman–Crippen MR) is 83.6 cm³/mol. The highest BCUT2D eigenvalue weighted by atomic mass is 16.5. The van der Waals surface area contributed by atoms with Crippen molar-refractivity contribution in [2.75, 3.05) is 21.3 Å². The summed E-state index contributed by atoms with van der Waals surface area (Å²) in [6.07, 6.45) is 6.94. The molecule has 4 heteroatoms. The summed E-state index contributed by atoms with van der Waals surface area (Å²) in [4.78, 5) is 11.1. The summed E-state index contributed by atoms with van der Waals surface area (Å²) in [7, 11) is 4.61. The van der Waals surface area contributed by atoms with E-state index in [-0.39, 0.29) is 12.4 Å². The monoisotopic (exact) mass is 290 g/mol. The van der Waals surface area contributed by atoms with Crippen molar-refractivity contribution in [2.45, 2.75) is 19.8 Å². The summed E-state index contributed by atoms with van der Waals surface area (Å²) >= 11 is 0. The van der Waals surface area contributed by atoms with Crippen molar-refractivity contribution < 1.29 is 19.0 Å². The van der Waals surface area contributed by atoms with Gasteiger partial charge in [0.25, 0.3) is 0 Å². The molecule has 0 radical (unpaired) electrons. The van der Waals surface area contributed by atoms with Gasteiger partial charge in [-0.3, -0.25) is 4.79 Å². The smallest absolute Gasteiger partial charge is 0.309 e. The topological polar surface area (TPSA) is 44.8 Å². The van der Waals surface area contributed by atoms with Crippen molar-refractivity contribution >= 4 is 12.0 Å². The standard InChI is InChI=1S/C17H22O4/c1-5-13(7-6-8-17(18)21-4)11-14-9-10-15(19-2)16(12-14)20-3/h6-7,9-12H,5,8H2,1-4H3/b7-6+,13-11+. The van der Waals surface area contributed by atoms with Gasteiger partial charge in [-0.25, -0.2) is 0 Å². The van der Waals surface area contributed by atoms with Gasteiger partial charge in [-0.05, 0) is 29.7 Å². The van der Waals surface area contributed by atoms with Crippen LogP contribution in [-0.4, -0.2) is 27.3 Å². The molecule has 1 aromatic rings. The lowest BCUT2D eigenvalue weighted by Crippen LogP contribution is -1.96. The van der Waals surface area contributed by atoms with Crippen molar-refractivity contribution in [3.8, 4) is 11.5 Å². The Hall–Kier alpha value is -2.23. The van der Waals surface area contributed by atoms with E-state index in [2.05, 4.69) is 17.7 Å². The van der Waals surface area contributed by atoms with Crippen molar-refractivity contribution in [1.29, 1.82) is 0 Å². The number of carbonyl (C=O) groups excluding carboxylic acids is 1. The molecule has 0 saturated heterocycles. The number of benzene rings is 1. The van der Waals surface area contributed by atoms with Crippen LogP contribution in [0.3, 0.4) is 0 Å². The first-order valence-corrected chi connectivity index (χ1v) is 6.80. The molecular weight excluding hydrogens is 268 g/mol. The fourth-order valence-corrected chi connectivity index (χ4v) is 1.81. The highest BCUT2D eigenvalue weighted by Crippen LogP contribution is 2.28. The Morgan fingerprint density at radius 1 is 1.14 bits per heavy atom. The summed E-state index contributed by atoms with van der Waals surface area (Å²) in [6.45, 7) is 2.06. The van der Waals surface area contributed by atoms with Crippen LogP contribution in [0.25, 0.3) is 6.08 Å². The largest absolute Gasteiger partial charge is 0.493 e. The Morgan fingerprint density at radius 3 is 2.43 bits per heavy atom. The molecule has 0 aromatic heterocycles. The van der Waals surface area contributed by atoms with Crippen LogP contribution in [0.1, 0.15) is 25.3 Å². The minimum atomic E-state index is -0.243. The van der Waals surface area contributed by atoms with Crippen molar-refractivity contribution in [1.82, 2.24) is 0 Å². The molecule has 0 aliphatic rings. The van der Waals surface area contributed by atoms with E-state index >= 15 is 0 Å². The van der Waals surface area contributed by atoms with E-state index < -0.39 is 0 Å². The van der Waals surface area contributed by atoms with Crippen LogP contribution in [0, 0.1) is 0 Å². The van der Waals surface area contributed by atoms with Crippen LogP contribution in [0.2, 0.25) is 0 Å². The summed E-state index contributed by atoms with van der Waals surface area (Å²) in [5.74, 6) is 1.15. The Kier molecular flexibility index (Phi) is 7.09. The lowest BCUT2D eigenvalue weighted by Gasteiger charge is -2.08. The van der Waals surface area contributed by atoms with Crippen LogP contribution in [0.15, 0.2) is 35.9 Å². The number of carbonyl (C=O) groups is 1. The quantitative estimate of drug-likeness (QED) is 0.568. The van der Waals surface area contributed by atoms with Crippen molar-refractivity contribution in [3.05, 3.63) is 41.5 Å². The fourth-order valence-electron chi connectivity index (χ4n) is 1.81. The molecule has 0 atom stereocenters. The zero-order valence-electron chi connectivity index (χ0n) is 13.0. The van der Waals surface area contributed by atoms with Crippen LogP contribution < -0.4 is 9.47 Å². The van der Waals surface area contributed by atoms with Gasteiger partial charge in [0.1, 0.15) is 0 Å². The lowest BCUT2D eigenvalue weighted by atomic mass is 10.1. The molecule has 0 fully saturated rings. The van der Waals surface area contributed by atoms with Crippen molar-refractivity contribution in [3.63, 3.8) is 0 Å². The van der Waals surface area contributed by atoms with Gasteiger partial charge in [-0.1, -0.05) is 31.2 Å². The Balaban J connectivity index is 2.89.